The number of benzene rings is 3. The van der Waals surface area contributed by atoms with E-state index in [-0.39, 0.29) is 11.7 Å². The number of carbonyl (C=O) groups excluding carboxylic acids is 1. The molecular formula is C32H32N2O2. The van der Waals surface area contributed by atoms with Gasteiger partial charge in [-0.25, -0.2) is 0 Å². The van der Waals surface area contributed by atoms with Gasteiger partial charge in [-0.15, -0.1) is 0 Å². The monoisotopic (exact) mass is 476 g/mol. The summed E-state index contributed by atoms with van der Waals surface area (Å²) in [7, 11) is 0. The van der Waals surface area contributed by atoms with Crippen molar-refractivity contribution in [3.05, 3.63) is 88.1 Å². The van der Waals surface area contributed by atoms with Gasteiger partial charge in [0, 0.05) is 51.0 Å². The zero-order valence-electron chi connectivity index (χ0n) is 21.7. The largest absolute Gasteiger partial charge is 0.390 e. The molecule has 0 bridgehead atoms. The van der Waals surface area contributed by atoms with E-state index in [1.807, 2.05) is 44.3 Å². The number of aryl methyl sites for hydroxylation is 2. The molecule has 0 amide bonds. The topological polar surface area (TPSA) is 65.1 Å². The predicted octanol–water partition coefficient (Wildman–Crippen LogP) is 6.72. The number of Topliss-reactive ketones (excluding diaryl/α,β-unsaturated/α-hetero) is 1. The van der Waals surface area contributed by atoms with Gasteiger partial charge in [0.1, 0.15) is 0 Å². The Hall–Kier alpha value is -3.81. The number of nitrogens with one attached hydrogen (secondary N) is 2. The van der Waals surface area contributed by atoms with E-state index >= 15 is 0 Å². The molecule has 3 aromatic carbocycles. The number of fused-ring (bicyclic) bond motifs is 2. The highest BCUT2D eigenvalue weighted by atomic mass is 16.3. The summed E-state index contributed by atoms with van der Waals surface area (Å²) in [5.41, 5.74) is 9.24. The molecule has 4 aromatic rings. The molecule has 36 heavy (non-hydrogen) atoms. The average Bonchev–Trinajstić information content (AvgIpc) is 3.23. The molecular weight excluding hydrogens is 444 g/mol. The maximum absolute atomic E-state index is 12.2. The van der Waals surface area contributed by atoms with Gasteiger partial charge in [0.25, 0.3) is 0 Å². The molecule has 5 rings (SSSR count). The third kappa shape index (κ3) is 3.81. The number of rotatable bonds is 2. The van der Waals surface area contributed by atoms with Crippen LogP contribution in [-0.2, 0) is 0 Å². The summed E-state index contributed by atoms with van der Waals surface area (Å²) in [5.74, 6) is 6.63. The van der Waals surface area contributed by atoms with Crippen LogP contribution in [0.3, 0.4) is 0 Å². The molecule has 0 fully saturated rings. The van der Waals surface area contributed by atoms with E-state index in [0.717, 1.165) is 39.0 Å². The first-order valence-corrected chi connectivity index (χ1v) is 12.4. The van der Waals surface area contributed by atoms with Crippen LogP contribution >= 0.6 is 0 Å². The third-order valence-corrected chi connectivity index (χ3v) is 7.52. The van der Waals surface area contributed by atoms with E-state index in [4.69, 9.17) is 0 Å². The van der Waals surface area contributed by atoms with Gasteiger partial charge in [-0.1, -0.05) is 55.2 Å². The van der Waals surface area contributed by atoms with Crippen molar-refractivity contribution in [2.75, 3.05) is 5.32 Å². The molecule has 0 radical (unpaired) electrons. The number of carbonyl (C=O) groups is 1. The summed E-state index contributed by atoms with van der Waals surface area (Å²) in [6, 6.07) is 16.0. The van der Waals surface area contributed by atoms with Crippen LogP contribution in [0.15, 0.2) is 54.7 Å². The van der Waals surface area contributed by atoms with Crippen molar-refractivity contribution < 1.29 is 9.90 Å². The second-order valence-corrected chi connectivity index (χ2v) is 10.5. The molecule has 3 N–H and O–H groups in total. The van der Waals surface area contributed by atoms with Crippen LogP contribution in [0.25, 0.3) is 22.0 Å². The first kappa shape index (κ1) is 23.9. The lowest BCUT2D eigenvalue weighted by molar-refractivity contribution is 0.0868. The summed E-state index contributed by atoms with van der Waals surface area (Å²) in [5, 5.41) is 16.0. The Labute approximate surface area is 212 Å². The highest BCUT2D eigenvalue weighted by molar-refractivity contribution is 5.99. The SMILES string of the molecule is CC(=O)c1ccccc1C#Cc1c(-c2cccc3c(C)c[nH]c23)cc(C)c2c1C(C)C(O)C(C)(C)N2. The molecule has 2 unspecified atom stereocenters. The molecule has 4 nitrogen and oxygen atoms in total. The van der Waals surface area contributed by atoms with Gasteiger partial charge in [-0.2, -0.15) is 0 Å². The molecule has 1 aliphatic heterocycles. The van der Waals surface area contributed by atoms with Crippen LogP contribution < -0.4 is 5.32 Å². The van der Waals surface area contributed by atoms with Crippen LogP contribution in [0, 0.1) is 25.7 Å². The van der Waals surface area contributed by atoms with Crippen LogP contribution in [0.1, 0.15) is 71.8 Å². The van der Waals surface area contributed by atoms with Crippen LogP contribution in [0.4, 0.5) is 5.69 Å². The van der Waals surface area contributed by atoms with Crippen molar-refractivity contribution in [2.24, 2.45) is 0 Å². The Morgan fingerprint density at radius 3 is 2.50 bits per heavy atom. The van der Waals surface area contributed by atoms with E-state index in [1.165, 1.54) is 10.9 Å². The number of para-hydroxylation sites is 1. The highest BCUT2D eigenvalue weighted by Gasteiger charge is 2.40. The van der Waals surface area contributed by atoms with E-state index in [1.54, 1.807) is 6.92 Å². The van der Waals surface area contributed by atoms with E-state index in [9.17, 15) is 9.90 Å². The van der Waals surface area contributed by atoms with Crippen molar-refractivity contribution in [2.45, 2.75) is 59.1 Å². The second-order valence-electron chi connectivity index (χ2n) is 10.5. The molecule has 182 valence electrons. The molecule has 1 aromatic heterocycles. The fourth-order valence-electron chi connectivity index (χ4n) is 5.54. The van der Waals surface area contributed by atoms with Gasteiger partial charge in [-0.05, 0) is 63.4 Å². The summed E-state index contributed by atoms with van der Waals surface area (Å²) in [6.07, 6.45) is 1.44. The maximum Gasteiger partial charge on any atom is 0.161 e. The number of aromatic amines is 1. The van der Waals surface area contributed by atoms with Crippen molar-refractivity contribution in [3.8, 4) is 23.0 Å². The highest BCUT2D eigenvalue weighted by Crippen LogP contribution is 2.46. The Morgan fingerprint density at radius 1 is 1.00 bits per heavy atom. The Kier molecular flexibility index (Phi) is 5.77. The molecule has 0 saturated heterocycles. The number of anilines is 1. The average molecular weight is 477 g/mol. The number of aliphatic hydroxyl groups excluding tert-OH is 1. The van der Waals surface area contributed by atoms with Gasteiger partial charge >= 0.3 is 0 Å². The maximum atomic E-state index is 12.2. The van der Waals surface area contributed by atoms with Gasteiger partial charge in [-0.3, -0.25) is 4.79 Å². The Morgan fingerprint density at radius 2 is 1.75 bits per heavy atom. The van der Waals surface area contributed by atoms with Gasteiger partial charge in [0.15, 0.2) is 5.78 Å². The van der Waals surface area contributed by atoms with Crippen LogP contribution in [0.2, 0.25) is 0 Å². The van der Waals surface area contributed by atoms with Crippen molar-refractivity contribution in [1.29, 1.82) is 0 Å². The molecule has 2 atom stereocenters. The Balaban J connectivity index is 1.84. The van der Waals surface area contributed by atoms with E-state index < -0.39 is 11.6 Å². The first-order valence-electron chi connectivity index (χ1n) is 12.4. The molecule has 2 heterocycles. The number of H-pyrrole nitrogens is 1. The Bertz CT molecular complexity index is 1580. The fourth-order valence-corrected chi connectivity index (χ4v) is 5.54. The number of hydrogen-bond acceptors (Lipinski definition) is 3. The van der Waals surface area contributed by atoms with E-state index in [0.29, 0.717) is 11.1 Å². The predicted molar refractivity (Wildman–Crippen MR) is 148 cm³/mol. The van der Waals surface area contributed by atoms with Crippen molar-refractivity contribution >= 4 is 22.4 Å². The lowest BCUT2D eigenvalue weighted by Crippen LogP contribution is -2.50. The van der Waals surface area contributed by atoms with Gasteiger partial charge < -0.3 is 15.4 Å². The molecule has 0 saturated carbocycles. The van der Waals surface area contributed by atoms with Crippen LogP contribution in [-0.4, -0.2) is 27.5 Å². The van der Waals surface area contributed by atoms with Crippen molar-refractivity contribution in [1.82, 2.24) is 4.98 Å². The van der Waals surface area contributed by atoms with E-state index in [2.05, 4.69) is 67.2 Å². The normalized spacial score (nSPS) is 18.2. The minimum atomic E-state index is -0.590. The zero-order chi connectivity index (χ0) is 25.8. The lowest BCUT2D eigenvalue weighted by atomic mass is 9.75. The van der Waals surface area contributed by atoms with Crippen molar-refractivity contribution in [3.63, 3.8) is 0 Å². The molecule has 4 heteroatoms. The smallest absolute Gasteiger partial charge is 0.161 e. The summed E-state index contributed by atoms with van der Waals surface area (Å²) in [4.78, 5) is 15.7. The number of aromatic nitrogens is 1. The zero-order valence-corrected chi connectivity index (χ0v) is 21.7. The quantitative estimate of drug-likeness (QED) is 0.222. The summed E-state index contributed by atoms with van der Waals surface area (Å²) < 4.78 is 0. The van der Waals surface area contributed by atoms with Gasteiger partial charge in [0.05, 0.1) is 17.2 Å². The minimum Gasteiger partial charge on any atom is -0.390 e. The second kappa shape index (κ2) is 8.69. The standard InChI is InChI=1S/C32H32N2O2/c1-18-16-27(26-13-9-12-23-19(2)17-33-30(23)26)25(15-14-22-10-7-8-11-24(22)21(4)35)28-20(3)31(36)32(5,6)34-29(18)28/h7-13,16-17,20,31,33-34,36H,1-6H3. The fraction of sp³-hybridized carbons (Fsp3) is 0.281. The first-order chi connectivity index (χ1) is 17.1. The molecule has 1 aliphatic rings. The third-order valence-electron chi connectivity index (χ3n) is 7.52. The summed E-state index contributed by atoms with van der Waals surface area (Å²) >= 11 is 0. The number of ketones is 1. The molecule has 0 spiro atoms. The lowest BCUT2D eigenvalue weighted by Gasteiger charge is -2.43. The number of aliphatic hydroxyl groups is 1. The van der Waals surface area contributed by atoms with Crippen LogP contribution in [0.5, 0.6) is 0 Å². The summed E-state index contributed by atoms with van der Waals surface area (Å²) in [6.45, 7) is 11.9. The van der Waals surface area contributed by atoms with Gasteiger partial charge in [0.2, 0.25) is 0 Å². The molecule has 0 aliphatic carbocycles. The number of hydrogen-bond donors (Lipinski definition) is 3. The minimum absolute atomic E-state index is 0.00936.